The SMILES string of the molecule is O=CCCC(=O)CCCCOCc1ccccc1. The predicted octanol–water partition coefficient (Wildman–Crippen LogP) is 2.92. The lowest BCUT2D eigenvalue weighted by atomic mass is 10.1. The smallest absolute Gasteiger partial charge is 0.133 e. The molecule has 0 saturated heterocycles. The molecule has 0 unspecified atom stereocenters. The normalized spacial score (nSPS) is 10.2. The van der Waals surface area contributed by atoms with Crippen LogP contribution in [0.15, 0.2) is 30.3 Å². The second kappa shape index (κ2) is 9.54. The maximum absolute atomic E-state index is 11.3. The summed E-state index contributed by atoms with van der Waals surface area (Å²) in [5, 5.41) is 0. The maximum atomic E-state index is 11.3. The Morgan fingerprint density at radius 3 is 2.61 bits per heavy atom. The molecule has 0 aliphatic carbocycles. The Kier molecular flexibility index (Phi) is 7.73. The molecule has 0 radical (unpaired) electrons. The fourth-order valence-corrected chi connectivity index (χ4v) is 1.64. The van der Waals surface area contributed by atoms with E-state index in [1.807, 2.05) is 30.3 Å². The summed E-state index contributed by atoms with van der Waals surface area (Å²) in [6.45, 7) is 1.30. The number of hydrogen-bond acceptors (Lipinski definition) is 3. The van der Waals surface area contributed by atoms with Crippen LogP contribution in [-0.2, 0) is 20.9 Å². The van der Waals surface area contributed by atoms with Crippen molar-refractivity contribution in [3.63, 3.8) is 0 Å². The first-order valence-corrected chi connectivity index (χ1v) is 6.40. The monoisotopic (exact) mass is 248 g/mol. The molecule has 1 aromatic carbocycles. The lowest BCUT2D eigenvalue weighted by molar-refractivity contribution is -0.120. The third kappa shape index (κ3) is 6.97. The van der Waals surface area contributed by atoms with Crippen molar-refractivity contribution in [3.8, 4) is 0 Å². The topological polar surface area (TPSA) is 43.4 Å². The van der Waals surface area contributed by atoms with Gasteiger partial charge >= 0.3 is 0 Å². The van der Waals surface area contributed by atoms with E-state index in [4.69, 9.17) is 4.74 Å². The van der Waals surface area contributed by atoms with Gasteiger partial charge in [0, 0.05) is 25.9 Å². The first-order chi connectivity index (χ1) is 8.83. The molecule has 0 bridgehead atoms. The van der Waals surface area contributed by atoms with E-state index in [-0.39, 0.29) is 5.78 Å². The van der Waals surface area contributed by atoms with Crippen molar-refractivity contribution >= 4 is 12.1 Å². The largest absolute Gasteiger partial charge is 0.377 e. The summed E-state index contributed by atoms with van der Waals surface area (Å²) in [4.78, 5) is 21.3. The van der Waals surface area contributed by atoms with Crippen molar-refractivity contribution in [1.82, 2.24) is 0 Å². The molecule has 98 valence electrons. The van der Waals surface area contributed by atoms with Gasteiger partial charge < -0.3 is 9.53 Å². The number of rotatable bonds is 10. The van der Waals surface area contributed by atoms with E-state index in [0.717, 1.165) is 19.1 Å². The summed E-state index contributed by atoms with van der Waals surface area (Å²) in [6.07, 6.45) is 3.81. The summed E-state index contributed by atoms with van der Waals surface area (Å²) in [5.41, 5.74) is 1.17. The molecule has 0 heterocycles. The standard InChI is InChI=1S/C15H20O3/c16-11-6-10-15(17)9-4-5-12-18-13-14-7-2-1-3-8-14/h1-3,7-8,11H,4-6,9-10,12-13H2. The molecule has 0 amide bonds. The van der Waals surface area contributed by atoms with Crippen LogP contribution in [0, 0.1) is 0 Å². The minimum absolute atomic E-state index is 0.171. The quantitative estimate of drug-likeness (QED) is 0.472. The van der Waals surface area contributed by atoms with Gasteiger partial charge in [-0.1, -0.05) is 30.3 Å². The predicted molar refractivity (Wildman–Crippen MR) is 70.3 cm³/mol. The highest BCUT2D eigenvalue weighted by molar-refractivity contribution is 5.80. The van der Waals surface area contributed by atoms with Gasteiger partial charge in [0.2, 0.25) is 0 Å². The van der Waals surface area contributed by atoms with Gasteiger partial charge in [0.05, 0.1) is 6.61 Å². The zero-order valence-electron chi connectivity index (χ0n) is 10.6. The van der Waals surface area contributed by atoms with E-state index < -0.39 is 0 Å². The molecule has 1 aromatic rings. The van der Waals surface area contributed by atoms with Crippen LogP contribution in [0.2, 0.25) is 0 Å². The van der Waals surface area contributed by atoms with Crippen molar-refractivity contribution in [1.29, 1.82) is 0 Å². The third-order valence-electron chi connectivity index (χ3n) is 2.65. The molecule has 0 aromatic heterocycles. The summed E-state index contributed by atoms with van der Waals surface area (Å²) >= 11 is 0. The van der Waals surface area contributed by atoms with Crippen molar-refractivity contribution in [2.24, 2.45) is 0 Å². The highest BCUT2D eigenvalue weighted by Gasteiger charge is 2.00. The molecule has 0 saturated carbocycles. The number of ketones is 1. The fourth-order valence-electron chi connectivity index (χ4n) is 1.64. The van der Waals surface area contributed by atoms with E-state index in [0.29, 0.717) is 32.5 Å². The number of ether oxygens (including phenoxy) is 1. The van der Waals surface area contributed by atoms with Gasteiger partial charge in [0.15, 0.2) is 0 Å². The molecule has 3 heteroatoms. The first kappa shape index (κ1) is 14.6. The van der Waals surface area contributed by atoms with Crippen molar-refractivity contribution in [3.05, 3.63) is 35.9 Å². The zero-order valence-corrected chi connectivity index (χ0v) is 10.6. The van der Waals surface area contributed by atoms with Crippen LogP contribution in [-0.4, -0.2) is 18.7 Å². The Bertz CT molecular complexity index is 346. The van der Waals surface area contributed by atoms with Gasteiger partial charge in [0.25, 0.3) is 0 Å². The lowest BCUT2D eigenvalue weighted by Gasteiger charge is -2.04. The zero-order chi connectivity index (χ0) is 13.1. The Labute approximate surface area is 108 Å². The van der Waals surface area contributed by atoms with Gasteiger partial charge in [-0.05, 0) is 18.4 Å². The third-order valence-corrected chi connectivity index (χ3v) is 2.65. The summed E-state index contributed by atoms with van der Waals surface area (Å²) < 4.78 is 5.52. The van der Waals surface area contributed by atoms with Crippen molar-refractivity contribution in [2.45, 2.75) is 38.7 Å². The number of benzene rings is 1. The molecule has 0 fully saturated rings. The van der Waals surface area contributed by atoms with E-state index in [1.165, 1.54) is 5.56 Å². The van der Waals surface area contributed by atoms with Crippen molar-refractivity contribution in [2.75, 3.05) is 6.61 Å². The molecular formula is C15H20O3. The van der Waals surface area contributed by atoms with Gasteiger partial charge in [-0.25, -0.2) is 0 Å². The highest BCUT2D eigenvalue weighted by Crippen LogP contribution is 2.04. The van der Waals surface area contributed by atoms with E-state index in [9.17, 15) is 9.59 Å². The van der Waals surface area contributed by atoms with Crippen LogP contribution >= 0.6 is 0 Å². The highest BCUT2D eigenvalue weighted by atomic mass is 16.5. The van der Waals surface area contributed by atoms with Gasteiger partial charge in [0.1, 0.15) is 12.1 Å². The summed E-state index contributed by atoms with van der Waals surface area (Å²) in [6, 6.07) is 10.0. The number of carbonyl (C=O) groups excluding carboxylic acids is 2. The number of aldehydes is 1. The maximum Gasteiger partial charge on any atom is 0.133 e. The summed E-state index contributed by atoms with van der Waals surface area (Å²) in [5.74, 6) is 0.171. The van der Waals surface area contributed by atoms with Crippen LogP contribution < -0.4 is 0 Å². The van der Waals surface area contributed by atoms with Crippen LogP contribution in [0.3, 0.4) is 0 Å². The number of hydrogen-bond donors (Lipinski definition) is 0. The van der Waals surface area contributed by atoms with Crippen molar-refractivity contribution < 1.29 is 14.3 Å². The minimum Gasteiger partial charge on any atom is -0.377 e. The number of Topliss-reactive ketones (excluding diaryl/α,β-unsaturated/α-hetero) is 1. The van der Waals surface area contributed by atoms with Crippen LogP contribution in [0.5, 0.6) is 0 Å². The molecule has 3 nitrogen and oxygen atoms in total. The van der Waals surface area contributed by atoms with Gasteiger partial charge in [-0.2, -0.15) is 0 Å². The average Bonchev–Trinajstić information content (AvgIpc) is 2.41. The molecule has 18 heavy (non-hydrogen) atoms. The Morgan fingerprint density at radius 1 is 1.11 bits per heavy atom. The Balaban J connectivity index is 1.96. The average molecular weight is 248 g/mol. The molecular weight excluding hydrogens is 228 g/mol. The first-order valence-electron chi connectivity index (χ1n) is 6.40. The minimum atomic E-state index is 0.171. The van der Waals surface area contributed by atoms with E-state index >= 15 is 0 Å². The molecule has 0 aliphatic rings. The fraction of sp³-hybridized carbons (Fsp3) is 0.467. The van der Waals surface area contributed by atoms with Gasteiger partial charge in [-0.15, -0.1) is 0 Å². The molecule has 0 atom stereocenters. The van der Waals surface area contributed by atoms with E-state index in [2.05, 4.69) is 0 Å². The molecule has 0 N–H and O–H groups in total. The van der Waals surface area contributed by atoms with E-state index in [1.54, 1.807) is 0 Å². The summed E-state index contributed by atoms with van der Waals surface area (Å²) in [7, 11) is 0. The number of unbranched alkanes of at least 4 members (excludes halogenated alkanes) is 1. The second-order valence-corrected chi connectivity index (χ2v) is 4.24. The van der Waals surface area contributed by atoms with Gasteiger partial charge in [-0.3, -0.25) is 4.79 Å². The van der Waals surface area contributed by atoms with Crippen LogP contribution in [0.25, 0.3) is 0 Å². The second-order valence-electron chi connectivity index (χ2n) is 4.24. The van der Waals surface area contributed by atoms with Crippen LogP contribution in [0.4, 0.5) is 0 Å². The van der Waals surface area contributed by atoms with Crippen LogP contribution in [0.1, 0.15) is 37.7 Å². The number of carbonyl (C=O) groups is 2. The Hall–Kier alpha value is -1.48. The lowest BCUT2D eigenvalue weighted by Crippen LogP contribution is -2.00. The molecule has 1 rings (SSSR count). The Morgan fingerprint density at radius 2 is 1.89 bits per heavy atom. The molecule has 0 aliphatic heterocycles. The molecule has 0 spiro atoms.